The Kier molecular flexibility index (Phi) is 6.26. The first-order chi connectivity index (χ1) is 7.20. The highest BCUT2D eigenvalue weighted by molar-refractivity contribution is 4.74. The summed E-state index contributed by atoms with van der Waals surface area (Å²) in [5.41, 5.74) is 0. The van der Waals surface area contributed by atoms with E-state index in [2.05, 4.69) is 19.2 Å². The number of rotatable bonds is 5. The first kappa shape index (κ1) is 13.0. The Bertz CT molecular complexity index is 151. The van der Waals surface area contributed by atoms with Crippen LogP contribution in [0.4, 0.5) is 0 Å². The molecule has 1 saturated carbocycles. The fraction of sp³-hybridized carbons (Fsp3) is 1.00. The lowest BCUT2D eigenvalue weighted by atomic mass is 9.94. The van der Waals surface area contributed by atoms with Crippen LogP contribution in [0.1, 0.15) is 52.4 Å². The molecule has 0 bridgehead atoms. The second-order valence-electron chi connectivity index (χ2n) is 5.37. The zero-order valence-electron chi connectivity index (χ0n) is 10.3. The molecule has 0 saturated heterocycles. The predicted molar refractivity (Wildman–Crippen MR) is 64.9 cm³/mol. The summed E-state index contributed by atoms with van der Waals surface area (Å²) in [4.78, 5) is 0. The van der Waals surface area contributed by atoms with Crippen LogP contribution in [0.5, 0.6) is 0 Å². The molecule has 90 valence electrons. The summed E-state index contributed by atoms with van der Waals surface area (Å²) < 4.78 is 0. The third kappa shape index (κ3) is 5.53. The summed E-state index contributed by atoms with van der Waals surface area (Å²) in [7, 11) is 0. The van der Waals surface area contributed by atoms with E-state index in [1.165, 1.54) is 38.5 Å². The molecule has 0 amide bonds. The molecule has 0 heterocycles. The molecule has 1 fully saturated rings. The zero-order chi connectivity index (χ0) is 11.1. The number of aliphatic hydroxyl groups excluding tert-OH is 1. The van der Waals surface area contributed by atoms with E-state index in [0.29, 0.717) is 11.8 Å². The van der Waals surface area contributed by atoms with E-state index in [1.54, 1.807) is 0 Å². The molecule has 0 aromatic carbocycles. The van der Waals surface area contributed by atoms with Crippen LogP contribution in [0.2, 0.25) is 0 Å². The van der Waals surface area contributed by atoms with Gasteiger partial charge in [0.1, 0.15) is 0 Å². The van der Waals surface area contributed by atoms with Crippen molar-refractivity contribution in [2.75, 3.05) is 13.1 Å². The largest absolute Gasteiger partial charge is 0.392 e. The van der Waals surface area contributed by atoms with Gasteiger partial charge in [0.15, 0.2) is 0 Å². The Balaban J connectivity index is 2.16. The van der Waals surface area contributed by atoms with Crippen LogP contribution in [0.25, 0.3) is 0 Å². The lowest BCUT2D eigenvalue weighted by Gasteiger charge is -2.22. The third-order valence-corrected chi connectivity index (χ3v) is 3.35. The minimum absolute atomic E-state index is 0.123. The van der Waals surface area contributed by atoms with Crippen LogP contribution in [0.3, 0.4) is 0 Å². The van der Waals surface area contributed by atoms with Crippen molar-refractivity contribution in [2.45, 2.75) is 58.5 Å². The minimum atomic E-state index is -0.123. The molecule has 1 aliphatic rings. The molecule has 1 unspecified atom stereocenters. The number of hydrogen-bond acceptors (Lipinski definition) is 2. The fourth-order valence-corrected chi connectivity index (χ4v) is 2.38. The Hall–Kier alpha value is -0.0800. The maximum absolute atomic E-state index is 10.0. The maximum atomic E-state index is 10.0. The Labute approximate surface area is 94.5 Å². The Morgan fingerprint density at radius 1 is 1.07 bits per heavy atom. The van der Waals surface area contributed by atoms with Crippen molar-refractivity contribution < 1.29 is 5.11 Å². The molecule has 0 aromatic rings. The molecule has 1 aliphatic carbocycles. The van der Waals surface area contributed by atoms with Crippen LogP contribution in [-0.2, 0) is 0 Å². The summed E-state index contributed by atoms with van der Waals surface area (Å²) in [6, 6.07) is 0. The minimum Gasteiger partial charge on any atom is -0.392 e. The molecule has 15 heavy (non-hydrogen) atoms. The highest BCUT2D eigenvalue weighted by Gasteiger charge is 2.20. The van der Waals surface area contributed by atoms with Crippen molar-refractivity contribution >= 4 is 0 Å². The van der Waals surface area contributed by atoms with E-state index in [9.17, 15) is 5.11 Å². The topological polar surface area (TPSA) is 32.3 Å². The molecule has 1 atom stereocenters. The van der Waals surface area contributed by atoms with Gasteiger partial charge in [-0.15, -0.1) is 0 Å². The fourth-order valence-electron chi connectivity index (χ4n) is 2.38. The van der Waals surface area contributed by atoms with Crippen LogP contribution >= 0.6 is 0 Å². The summed E-state index contributed by atoms with van der Waals surface area (Å²) >= 11 is 0. The standard InChI is InChI=1S/C13H27NO/c1-11(2)9-14-10-13(15)12-7-5-3-4-6-8-12/h11-15H,3-10H2,1-2H3. The van der Waals surface area contributed by atoms with Gasteiger partial charge in [-0.25, -0.2) is 0 Å². The van der Waals surface area contributed by atoms with Gasteiger partial charge in [0.05, 0.1) is 6.10 Å². The molecule has 2 heteroatoms. The quantitative estimate of drug-likeness (QED) is 0.688. The van der Waals surface area contributed by atoms with Gasteiger partial charge in [-0.2, -0.15) is 0 Å². The molecular formula is C13H27NO. The lowest BCUT2D eigenvalue weighted by molar-refractivity contribution is 0.0967. The highest BCUT2D eigenvalue weighted by atomic mass is 16.3. The molecule has 0 aromatic heterocycles. The van der Waals surface area contributed by atoms with Crippen molar-refractivity contribution in [3.63, 3.8) is 0 Å². The van der Waals surface area contributed by atoms with Gasteiger partial charge < -0.3 is 10.4 Å². The summed E-state index contributed by atoms with van der Waals surface area (Å²) in [6.45, 7) is 6.20. The monoisotopic (exact) mass is 213 g/mol. The van der Waals surface area contributed by atoms with Gasteiger partial charge in [0.25, 0.3) is 0 Å². The van der Waals surface area contributed by atoms with Crippen molar-refractivity contribution in [1.29, 1.82) is 0 Å². The average molecular weight is 213 g/mol. The van der Waals surface area contributed by atoms with Crippen molar-refractivity contribution in [1.82, 2.24) is 5.32 Å². The van der Waals surface area contributed by atoms with Gasteiger partial charge >= 0.3 is 0 Å². The summed E-state index contributed by atoms with van der Waals surface area (Å²) in [6.07, 6.45) is 7.68. The second-order valence-corrected chi connectivity index (χ2v) is 5.37. The smallest absolute Gasteiger partial charge is 0.0692 e. The Morgan fingerprint density at radius 3 is 2.20 bits per heavy atom. The van der Waals surface area contributed by atoms with Gasteiger partial charge in [-0.05, 0) is 31.2 Å². The molecular weight excluding hydrogens is 186 g/mol. The third-order valence-electron chi connectivity index (χ3n) is 3.35. The molecule has 2 N–H and O–H groups in total. The van der Waals surface area contributed by atoms with E-state index < -0.39 is 0 Å². The van der Waals surface area contributed by atoms with Gasteiger partial charge in [-0.1, -0.05) is 39.5 Å². The van der Waals surface area contributed by atoms with E-state index in [-0.39, 0.29) is 6.10 Å². The van der Waals surface area contributed by atoms with Crippen molar-refractivity contribution in [3.05, 3.63) is 0 Å². The molecule has 0 spiro atoms. The number of nitrogens with one attached hydrogen (secondary N) is 1. The summed E-state index contributed by atoms with van der Waals surface area (Å²) in [5, 5.41) is 13.4. The summed E-state index contributed by atoms with van der Waals surface area (Å²) in [5.74, 6) is 1.22. The van der Waals surface area contributed by atoms with Crippen LogP contribution in [0, 0.1) is 11.8 Å². The van der Waals surface area contributed by atoms with Crippen LogP contribution in [-0.4, -0.2) is 24.3 Å². The van der Waals surface area contributed by atoms with Crippen molar-refractivity contribution in [2.24, 2.45) is 11.8 Å². The first-order valence-electron chi connectivity index (χ1n) is 6.59. The van der Waals surface area contributed by atoms with E-state index in [4.69, 9.17) is 0 Å². The second kappa shape index (κ2) is 7.24. The molecule has 1 rings (SSSR count). The first-order valence-corrected chi connectivity index (χ1v) is 6.59. The normalized spacial score (nSPS) is 21.6. The van der Waals surface area contributed by atoms with Crippen molar-refractivity contribution in [3.8, 4) is 0 Å². The SMILES string of the molecule is CC(C)CNCC(O)C1CCCCCC1. The average Bonchev–Trinajstić information content (AvgIpc) is 2.44. The highest BCUT2D eigenvalue weighted by Crippen LogP contribution is 2.25. The lowest BCUT2D eigenvalue weighted by Crippen LogP contribution is -2.34. The molecule has 2 nitrogen and oxygen atoms in total. The van der Waals surface area contributed by atoms with Crippen LogP contribution in [0.15, 0.2) is 0 Å². The predicted octanol–water partition coefficient (Wildman–Crippen LogP) is 2.56. The van der Waals surface area contributed by atoms with Gasteiger partial charge in [-0.3, -0.25) is 0 Å². The van der Waals surface area contributed by atoms with E-state index >= 15 is 0 Å². The zero-order valence-corrected chi connectivity index (χ0v) is 10.3. The van der Waals surface area contributed by atoms with E-state index in [1.807, 2.05) is 0 Å². The number of aliphatic hydroxyl groups is 1. The van der Waals surface area contributed by atoms with Gasteiger partial charge in [0.2, 0.25) is 0 Å². The maximum Gasteiger partial charge on any atom is 0.0692 e. The Morgan fingerprint density at radius 2 is 1.67 bits per heavy atom. The van der Waals surface area contributed by atoms with Crippen LogP contribution < -0.4 is 5.32 Å². The van der Waals surface area contributed by atoms with E-state index in [0.717, 1.165) is 13.1 Å². The molecule has 0 radical (unpaired) electrons. The van der Waals surface area contributed by atoms with Gasteiger partial charge in [0, 0.05) is 6.54 Å². The number of hydrogen-bond donors (Lipinski definition) is 2. The molecule has 0 aliphatic heterocycles.